The Morgan fingerprint density at radius 2 is 1.90 bits per heavy atom. The van der Waals surface area contributed by atoms with E-state index in [0.717, 1.165) is 43.6 Å². The van der Waals surface area contributed by atoms with Crippen molar-refractivity contribution in [3.05, 3.63) is 41.9 Å². The van der Waals surface area contributed by atoms with Gasteiger partial charge in [-0.05, 0) is 44.0 Å². The van der Waals surface area contributed by atoms with E-state index >= 15 is 0 Å². The molecule has 1 aliphatic heterocycles. The van der Waals surface area contributed by atoms with Crippen molar-refractivity contribution in [1.82, 2.24) is 10.1 Å². The lowest BCUT2D eigenvalue weighted by molar-refractivity contribution is -0.134. The van der Waals surface area contributed by atoms with Gasteiger partial charge in [-0.3, -0.25) is 0 Å². The summed E-state index contributed by atoms with van der Waals surface area (Å²) >= 11 is 0. The summed E-state index contributed by atoms with van der Waals surface area (Å²) in [5.74, 6) is -2.12. The first-order valence-electron chi connectivity index (χ1n) is 9.32. The molecule has 9 heteroatoms. The largest absolute Gasteiger partial charge is 0.478 e. The van der Waals surface area contributed by atoms with Crippen molar-refractivity contribution in [3.8, 4) is 0 Å². The van der Waals surface area contributed by atoms with Gasteiger partial charge in [0.25, 0.3) is 0 Å². The van der Waals surface area contributed by atoms with Gasteiger partial charge >= 0.3 is 11.9 Å². The molecule has 0 bridgehead atoms. The standard InChI is InChI=1S/C16H21FN2O2.C4H4O4/c1-11(10-20)9-19-6-4-12(5-7-19)16-14-3-2-13(17)8-15(14)21-18-16;5-3(6)1-2-4(7)8/h2-3,8,11-12,20H,4-7,9-10H2,1H3;1-2H,(H,5,6)(H,7,8). The van der Waals surface area contributed by atoms with E-state index < -0.39 is 11.9 Å². The van der Waals surface area contributed by atoms with Gasteiger partial charge in [0.05, 0.1) is 5.69 Å². The molecule has 1 aliphatic rings. The topological polar surface area (TPSA) is 124 Å². The number of piperidine rings is 1. The molecule has 8 nitrogen and oxygen atoms in total. The Labute approximate surface area is 167 Å². The van der Waals surface area contributed by atoms with Crippen LogP contribution in [0.25, 0.3) is 11.0 Å². The van der Waals surface area contributed by atoms with Crippen molar-refractivity contribution in [1.29, 1.82) is 0 Å². The molecule has 29 heavy (non-hydrogen) atoms. The molecule has 0 saturated carbocycles. The molecular formula is C20H25FN2O6. The maximum Gasteiger partial charge on any atom is 0.328 e. The number of aliphatic carboxylic acids is 2. The number of carbonyl (C=O) groups is 2. The molecule has 2 heterocycles. The van der Waals surface area contributed by atoms with Crippen LogP contribution in [0.4, 0.5) is 4.39 Å². The van der Waals surface area contributed by atoms with Crippen LogP contribution in [-0.2, 0) is 9.59 Å². The third-order valence-corrected chi connectivity index (χ3v) is 4.69. The summed E-state index contributed by atoms with van der Waals surface area (Å²) in [7, 11) is 0. The molecule has 0 amide bonds. The van der Waals surface area contributed by atoms with Crippen LogP contribution in [0, 0.1) is 11.7 Å². The summed E-state index contributed by atoms with van der Waals surface area (Å²) in [6.07, 6.45) is 3.17. The summed E-state index contributed by atoms with van der Waals surface area (Å²) in [6.45, 7) is 5.24. The number of likely N-dealkylation sites (tertiary alicyclic amines) is 1. The number of carboxylic acid groups (broad SMARTS) is 2. The van der Waals surface area contributed by atoms with E-state index in [1.54, 1.807) is 6.07 Å². The fourth-order valence-electron chi connectivity index (χ4n) is 3.26. The van der Waals surface area contributed by atoms with Gasteiger partial charge in [0.2, 0.25) is 0 Å². The lowest BCUT2D eigenvalue weighted by Gasteiger charge is -2.32. The third-order valence-electron chi connectivity index (χ3n) is 4.69. The highest BCUT2D eigenvalue weighted by Gasteiger charge is 2.25. The van der Waals surface area contributed by atoms with Crippen molar-refractivity contribution >= 4 is 22.9 Å². The number of benzene rings is 1. The molecule has 1 fully saturated rings. The van der Waals surface area contributed by atoms with Crippen LogP contribution in [0.5, 0.6) is 0 Å². The number of nitrogens with zero attached hydrogens (tertiary/aromatic N) is 2. The summed E-state index contributed by atoms with van der Waals surface area (Å²) in [4.78, 5) is 21.5. The summed E-state index contributed by atoms with van der Waals surface area (Å²) in [6, 6.07) is 4.61. The fraction of sp³-hybridized carbons (Fsp3) is 0.450. The third kappa shape index (κ3) is 6.95. The Morgan fingerprint density at radius 1 is 1.28 bits per heavy atom. The lowest BCUT2D eigenvalue weighted by atomic mass is 9.91. The molecule has 1 atom stereocenters. The molecule has 0 aliphatic carbocycles. The smallest absolute Gasteiger partial charge is 0.328 e. The van der Waals surface area contributed by atoms with Gasteiger partial charge in [0, 0.05) is 42.7 Å². The first-order valence-corrected chi connectivity index (χ1v) is 9.32. The monoisotopic (exact) mass is 408 g/mol. The molecule has 1 aromatic heterocycles. The van der Waals surface area contributed by atoms with E-state index in [0.29, 0.717) is 29.6 Å². The van der Waals surface area contributed by atoms with Crippen molar-refractivity contribution < 1.29 is 33.8 Å². The number of fused-ring (bicyclic) bond motifs is 1. The van der Waals surface area contributed by atoms with Crippen LogP contribution < -0.4 is 0 Å². The maximum absolute atomic E-state index is 13.2. The molecule has 1 unspecified atom stereocenters. The normalized spacial score (nSPS) is 16.5. The quantitative estimate of drug-likeness (QED) is 0.623. The average Bonchev–Trinajstić information content (AvgIpc) is 3.10. The number of hydrogen-bond donors (Lipinski definition) is 3. The van der Waals surface area contributed by atoms with Gasteiger partial charge in [-0.15, -0.1) is 0 Å². The van der Waals surface area contributed by atoms with E-state index in [1.165, 1.54) is 12.1 Å². The van der Waals surface area contributed by atoms with Crippen LogP contribution in [0.15, 0.2) is 34.9 Å². The Morgan fingerprint density at radius 3 is 2.45 bits per heavy atom. The highest BCUT2D eigenvalue weighted by Crippen LogP contribution is 2.32. The number of rotatable bonds is 6. The van der Waals surface area contributed by atoms with Gasteiger partial charge in [-0.2, -0.15) is 0 Å². The Balaban J connectivity index is 0.000000321. The van der Waals surface area contributed by atoms with Gasteiger partial charge in [-0.1, -0.05) is 12.1 Å². The van der Waals surface area contributed by atoms with Crippen molar-refractivity contribution in [3.63, 3.8) is 0 Å². The number of carboxylic acids is 2. The molecule has 0 radical (unpaired) electrons. The predicted octanol–water partition coefficient (Wildman–Crippen LogP) is 2.49. The van der Waals surface area contributed by atoms with E-state index in [2.05, 4.69) is 17.0 Å². The Bertz CT molecular complexity index is 842. The Hall–Kier alpha value is -2.78. The zero-order valence-corrected chi connectivity index (χ0v) is 16.1. The van der Waals surface area contributed by atoms with Gasteiger partial charge in [0.15, 0.2) is 5.58 Å². The number of aliphatic hydroxyl groups is 1. The highest BCUT2D eigenvalue weighted by atomic mass is 19.1. The minimum atomic E-state index is -1.26. The molecule has 1 aromatic carbocycles. The zero-order valence-electron chi connectivity index (χ0n) is 16.1. The lowest BCUT2D eigenvalue weighted by Crippen LogP contribution is -2.36. The molecule has 3 N–H and O–H groups in total. The van der Waals surface area contributed by atoms with Gasteiger partial charge in [0.1, 0.15) is 5.82 Å². The van der Waals surface area contributed by atoms with Gasteiger partial charge in [-0.25, -0.2) is 14.0 Å². The average molecular weight is 408 g/mol. The first-order chi connectivity index (χ1) is 13.8. The Kier molecular flexibility index (Phi) is 8.29. The second-order valence-corrected chi connectivity index (χ2v) is 7.08. The molecule has 0 spiro atoms. The SMILES string of the molecule is CC(CO)CN1CCC(c2noc3cc(F)ccc23)CC1.O=C(O)C=CC(=O)O. The second kappa shape index (κ2) is 10.7. The van der Waals surface area contributed by atoms with Crippen LogP contribution in [0.2, 0.25) is 0 Å². The van der Waals surface area contributed by atoms with Crippen LogP contribution in [-0.4, -0.2) is 63.6 Å². The molecule has 3 rings (SSSR count). The molecular weight excluding hydrogens is 383 g/mol. The molecule has 1 saturated heterocycles. The maximum atomic E-state index is 13.2. The second-order valence-electron chi connectivity index (χ2n) is 7.08. The van der Waals surface area contributed by atoms with E-state index in [9.17, 15) is 14.0 Å². The van der Waals surface area contributed by atoms with Crippen LogP contribution in [0.1, 0.15) is 31.4 Å². The van der Waals surface area contributed by atoms with Crippen molar-refractivity contribution in [2.45, 2.75) is 25.7 Å². The highest BCUT2D eigenvalue weighted by molar-refractivity contribution is 5.89. The van der Waals surface area contributed by atoms with Crippen molar-refractivity contribution in [2.24, 2.45) is 5.92 Å². The van der Waals surface area contributed by atoms with Crippen molar-refractivity contribution in [2.75, 3.05) is 26.2 Å². The summed E-state index contributed by atoms with van der Waals surface area (Å²) in [5, 5.41) is 29.8. The predicted molar refractivity (Wildman–Crippen MR) is 103 cm³/mol. The number of hydrogen-bond acceptors (Lipinski definition) is 6. The fourth-order valence-corrected chi connectivity index (χ4v) is 3.26. The summed E-state index contributed by atoms with van der Waals surface area (Å²) in [5.41, 5.74) is 1.49. The summed E-state index contributed by atoms with van der Waals surface area (Å²) < 4.78 is 18.4. The van der Waals surface area contributed by atoms with Crippen LogP contribution >= 0.6 is 0 Å². The molecule has 2 aromatic rings. The van der Waals surface area contributed by atoms with E-state index in [-0.39, 0.29) is 12.4 Å². The number of halogens is 1. The number of aromatic nitrogens is 1. The van der Waals surface area contributed by atoms with Crippen LogP contribution in [0.3, 0.4) is 0 Å². The minimum absolute atomic E-state index is 0.236. The molecule has 158 valence electrons. The van der Waals surface area contributed by atoms with E-state index in [4.69, 9.17) is 19.8 Å². The minimum Gasteiger partial charge on any atom is -0.478 e. The first kappa shape index (κ1) is 22.5. The van der Waals surface area contributed by atoms with Gasteiger partial charge < -0.3 is 24.7 Å². The zero-order chi connectivity index (χ0) is 21.4. The van der Waals surface area contributed by atoms with E-state index in [1.807, 2.05) is 0 Å². The number of aliphatic hydroxyl groups excluding tert-OH is 1.